The third-order valence-electron chi connectivity index (χ3n) is 4.40. The molecule has 2 fully saturated rings. The van der Waals surface area contributed by atoms with Gasteiger partial charge in [-0.2, -0.15) is 5.10 Å². The fraction of sp³-hybridized carbons (Fsp3) is 0.786. The minimum Gasteiger partial charge on any atom is -0.340 e. The van der Waals surface area contributed by atoms with Crippen LogP contribution in [0.4, 0.5) is 0 Å². The first-order valence-electron chi connectivity index (χ1n) is 7.88. The summed E-state index contributed by atoms with van der Waals surface area (Å²) in [4.78, 5) is 20.6. The Balaban J connectivity index is 0.00000176. The van der Waals surface area contributed by atoms with Gasteiger partial charge < -0.3 is 15.1 Å². The fourth-order valence-electron chi connectivity index (χ4n) is 3.18. The van der Waals surface area contributed by atoms with E-state index in [-0.39, 0.29) is 12.4 Å². The number of hydrogen-bond donors (Lipinski definition) is 1. The van der Waals surface area contributed by atoms with Crippen molar-refractivity contribution >= 4 is 18.3 Å². The number of hydrogen-bond acceptors (Lipinski definition) is 5. The molecule has 0 aromatic carbocycles. The fourth-order valence-corrected chi connectivity index (χ4v) is 3.18. The lowest BCUT2D eigenvalue weighted by Gasteiger charge is -2.33. The number of aromatic nitrogens is 3. The van der Waals surface area contributed by atoms with Crippen LogP contribution in [0.2, 0.25) is 0 Å². The van der Waals surface area contributed by atoms with Crippen LogP contribution in [0.5, 0.6) is 0 Å². The summed E-state index contributed by atoms with van der Waals surface area (Å²) in [6.45, 7) is 6.45. The van der Waals surface area contributed by atoms with Gasteiger partial charge >= 0.3 is 0 Å². The molecule has 8 heteroatoms. The molecule has 2 aliphatic heterocycles. The summed E-state index contributed by atoms with van der Waals surface area (Å²) in [5.74, 6) is 0.291. The van der Waals surface area contributed by atoms with Crippen LogP contribution >= 0.6 is 12.4 Å². The number of amides is 1. The van der Waals surface area contributed by atoms with Crippen LogP contribution < -0.4 is 5.32 Å². The minimum atomic E-state index is 0. The molecule has 3 heterocycles. The molecule has 1 unspecified atom stereocenters. The monoisotopic (exact) mass is 328 g/mol. The highest BCUT2D eigenvalue weighted by atomic mass is 35.5. The number of rotatable bonds is 4. The zero-order valence-corrected chi connectivity index (χ0v) is 13.7. The summed E-state index contributed by atoms with van der Waals surface area (Å²) in [5.41, 5.74) is 0. The van der Waals surface area contributed by atoms with E-state index in [9.17, 15) is 4.79 Å². The Morgan fingerprint density at radius 1 is 1.27 bits per heavy atom. The highest BCUT2D eigenvalue weighted by Crippen LogP contribution is 2.20. The first kappa shape index (κ1) is 17.2. The molecule has 0 radical (unpaired) electrons. The number of carbonyl (C=O) groups excluding carboxylic acids is 1. The number of piperidine rings is 1. The summed E-state index contributed by atoms with van der Waals surface area (Å²) < 4.78 is 1.95. The smallest absolute Gasteiger partial charge is 0.223 e. The van der Waals surface area contributed by atoms with Gasteiger partial charge in [-0.15, -0.1) is 12.4 Å². The van der Waals surface area contributed by atoms with E-state index in [0.29, 0.717) is 18.4 Å². The quantitative estimate of drug-likeness (QED) is 0.853. The van der Waals surface area contributed by atoms with Crippen molar-refractivity contribution in [3.63, 3.8) is 0 Å². The average Bonchev–Trinajstić information content (AvgIpc) is 3.08. The number of nitrogens with one attached hydrogen (secondary N) is 1. The van der Waals surface area contributed by atoms with Crippen LogP contribution in [0.1, 0.15) is 25.3 Å². The Bertz CT molecular complexity index is 448. The summed E-state index contributed by atoms with van der Waals surface area (Å²) in [6, 6.07) is 0.399. The molecule has 0 saturated carbocycles. The number of likely N-dealkylation sites (tertiary alicyclic amines) is 1. The standard InChI is InChI=1S/C14H24N6O.ClH/c21-14(19-8-4-15-5-9-19)3-7-18-6-1-2-13(10-18)20-12-16-11-17-20;/h11-13,15H,1-10H2;1H. The van der Waals surface area contributed by atoms with Crippen molar-refractivity contribution in [1.82, 2.24) is 29.9 Å². The highest BCUT2D eigenvalue weighted by Gasteiger charge is 2.23. The highest BCUT2D eigenvalue weighted by molar-refractivity contribution is 5.85. The summed E-state index contributed by atoms with van der Waals surface area (Å²) in [7, 11) is 0. The SMILES string of the molecule is Cl.O=C(CCN1CCCC(n2cncn2)C1)N1CCNCC1. The van der Waals surface area contributed by atoms with Crippen molar-refractivity contribution in [2.24, 2.45) is 0 Å². The van der Waals surface area contributed by atoms with Gasteiger partial charge in [-0.1, -0.05) is 0 Å². The van der Waals surface area contributed by atoms with Crippen molar-refractivity contribution in [3.05, 3.63) is 12.7 Å². The molecule has 1 atom stereocenters. The first-order chi connectivity index (χ1) is 10.3. The molecule has 22 heavy (non-hydrogen) atoms. The third kappa shape index (κ3) is 4.41. The molecular formula is C14H25ClN6O. The van der Waals surface area contributed by atoms with Gasteiger partial charge in [0.15, 0.2) is 0 Å². The van der Waals surface area contributed by atoms with Crippen LogP contribution in [0.25, 0.3) is 0 Å². The number of halogens is 1. The molecule has 3 rings (SSSR count). The molecule has 124 valence electrons. The van der Waals surface area contributed by atoms with Gasteiger partial charge in [0, 0.05) is 45.7 Å². The van der Waals surface area contributed by atoms with Crippen LogP contribution in [-0.2, 0) is 4.79 Å². The Labute approximate surface area is 137 Å². The van der Waals surface area contributed by atoms with Gasteiger partial charge in [-0.05, 0) is 19.4 Å². The molecule has 7 nitrogen and oxygen atoms in total. The van der Waals surface area contributed by atoms with Crippen LogP contribution in [0.15, 0.2) is 12.7 Å². The van der Waals surface area contributed by atoms with Gasteiger partial charge in [0.2, 0.25) is 5.91 Å². The third-order valence-corrected chi connectivity index (χ3v) is 4.40. The Morgan fingerprint density at radius 3 is 2.82 bits per heavy atom. The van der Waals surface area contributed by atoms with Crippen molar-refractivity contribution in [3.8, 4) is 0 Å². The van der Waals surface area contributed by atoms with Crippen LogP contribution in [-0.4, -0.2) is 76.3 Å². The van der Waals surface area contributed by atoms with Gasteiger partial charge in [-0.3, -0.25) is 4.79 Å². The molecule has 1 amide bonds. The number of piperazine rings is 1. The number of nitrogens with zero attached hydrogens (tertiary/aromatic N) is 5. The normalized spacial score (nSPS) is 23.1. The lowest BCUT2D eigenvalue weighted by molar-refractivity contribution is -0.132. The van der Waals surface area contributed by atoms with Crippen molar-refractivity contribution in [1.29, 1.82) is 0 Å². The van der Waals surface area contributed by atoms with Crippen LogP contribution in [0.3, 0.4) is 0 Å². The predicted molar refractivity (Wildman–Crippen MR) is 86.0 cm³/mol. The molecule has 2 saturated heterocycles. The Hall–Kier alpha value is -1.18. The molecule has 2 aliphatic rings. The summed E-state index contributed by atoms with van der Waals surface area (Å²) in [6.07, 6.45) is 6.31. The summed E-state index contributed by atoms with van der Waals surface area (Å²) in [5, 5.41) is 7.52. The summed E-state index contributed by atoms with van der Waals surface area (Å²) >= 11 is 0. The topological polar surface area (TPSA) is 66.3 Å². The lowest BCUT2D eigenvalue weighted by atomic mass is 10.1. The van der Waals surface area contributed by atoms with E-state index < -0.39 is 0 Å². The molecule has 1 N–H and O–H groups in total. The van der Waals surface area contributed by atoms with E-state index in [0.717, 1.165) is 58.7 Å². The lowest BCUT2D eigenvalue weighted by Crippen LogP contribution is -2.47. The maximum Gasteiger partial charge on any atom is 0.223 e. The van der Waals surface area contributed by atoms with Crippen molar-refractivity contribution < 1.29 is 4.79 Å². The second kappa shape index (κ2) is 8.45. The Morgan fingerprint density at radius 2 is 2.09 bits per heavy atom. The molecule has 1 aromatic rings. The van der Waals surface area contributed by atoms with Gasteiger partial charge in [0.25, 0.3) is 0 Å². The van der Waals surface area contributed by atoms with Gasteiger partial charge in [-0.25, -0.2) is 9.67 Å². The zero-order valence-electron chi connectivity index (χ0n) is 12.9. The second-order valence-corrected chi connectivity index (χ2v) is 5.85. The first-order valence-corrected chi connectivity index (χ1v) is 7.88. The molecule has 1 aromatic heterocycles. The van der Waals surface area contributed by atoms with Crippen molar-refractivity contribution in [2.45, 2.75) is 25.3 Å². The van der Waals surface area contributed by atoms with Gasteiger partial charge in [0.05, 0.1) is 6.04 Å². The van der Waals surface area contributed by atoms with E-state index in [1.54, 1.807) is 12.7 Å². The predicted octanol–water partition coefficient (Wildman–Crippen LogP) is 0.159. The average molecular weight is 329 g/mol. The van der Waals surface area contributed by atoms with Gasteiger partial charge in [0.1, 0.15) is 12.7 Å². The number of carbonyl (C=O) groups is 1. The van der Waals surface area contributed by atoms with E-state index in [1.807, 2.05) is 9.58 Å². The molecular weight excluding hydrogens is 304 g/mol. The zero-order chi connectivity index (χ0) is 14.5. The van der Waals surface area contributed by atoms with E-state index in [4.69, 9.17) is 0 Å². The largest absolute Gasteiger partial charge is 0.340 e. The van der Waals surface area contributed by atoms with Crippen LogP contribution in [0, 0.1) is 0 Å². The second-order valence-electron chi connectivity index (χ2n) is 5.85. The molecule has 0 bridgehead atoms. The maximum absolute atomic E-state index is 12.2. The van der Waals surface area contributed by atoms with E-state index in [2.05, 4.69) is 20.3 Å². The van der Waals surface area contributed by atoms with Crippen molar-refractivity contribution in [2.75, 3.05) is 45.8 Å². The van der Waals surface area contributed by atoms with E-state index >= 15 is 0 Å². The Kier molecular flexibility index (Phi) is 6.60. The molecule has 0 aliphatic carbocycles. The van der Waals surface area contributed by atoms with E-state index in [1.165, 1.54) is 0 Å². The maximum atomic E-state index is 12.2. The molecule has 0 spiro atoms. The minimum absolute atomic E-state index is 0.